The van der Waals surface area contributed by atoms with E-state index < -0.39 is 0 Å². The van der Waals surface area contributed by atoms with Crippen LogP contribution in [-0.4, -0.2) is 35.8 Å². The highest BCUT2D eigenvalue weighted by molar-refractivity contribution is 6.10. The number of hydrogen-bond donors (Lipinski definition) is 1. The maximum absolute atomic E-state index is 12.9. The van der Waals surface area contributed by atoms with Crippen molar-refractivity contribution >= 4 is 11.8 Å². The number of benzene rings is 2. The monoisotopic (exact) mass is 308 g/mol. The van der Waals surface area contributed by atoms with Crippen molar-refractivity contribution in [3.05, 3.63) is 71.8 Å². The molecule has 0 aliphatic carbocycles. The molecule has 0 saturated carbocycles. The second kappa shape index (κ2) is 7.20. The summed E-state index contributed by atoms with van der Waals surface area (Å²) in [4.78, 5) is 27.3. The van der Waals surface area contributed by atoms with Gasteiger partial charge in [-0.2, -0.15) is 0 Å². The zero-order valence-corrected chi connectivity index (χ0v) is 12.9. The van der Waals surface area contributed by atoms with Crippen molar-refractivity contribution in [3.63, 3.8) is 0 Å². The average molecular weight is 308 g/mol. The van der Waals surface area contributed by atoms with Crippen LogP contribution >= 0.6 is 0 Å². The maximum atomic E-state index is 12.9. The molecular formula is C19H20N2O2. The predicted octanol–water partition coefficient (Wildman–Crippen LogP) is 2.72. The number of nitrogens with zero attached hydrogens (tertiary/aromatic N) is 1. The first-order valence-electron chi connectivity index (χ1n) is 7.96. The highest BCUT2D eigenvalue weighted by Crippen LogP contribution is 2.18. The van der Waals surface area contributed by atoms with E-state index in [0.717, 1.165) is 19.4 Å². The molecule has 2 aromatic rings. The lowest BCUT2D eigenvalue weighted by atomic mass is 10.0. The van der Waals surface area contributed by atoms with Gasteiger partial charge in [-0.15, -0.1) is 0 Å². The van der Waals surface area contributed by atoms with Crippen molar-refractivity contribution in [1.82, 2.24) is 10.2 Å². The molecule has 0 aromatic heterocycles. The number of imide groups is 1. The molecule has 1 aliphatic heterocycles. The van der Waals surface area contributed by atoms with E-state index in [-0.39, 0.29) is 17.9 Å². The Kier molecular flexibility index (Phi) is 4.83. The second-order valence-corrected chi connectivity index (χ2v) is 5.71. The number of nitrogens with one attached hydrogen (secondary N) is 1. The van der Waals surface area contributed by atoms with E-state index >= 15 is 0 Å². The van der Waals surface area contributed by atoms with Crippen molar-refractivity contribution in [2.45, 2.75) is 18.9 Å². The minimum absolute atomic E-state index is 0.107. The maximum Gasteiger partial charge on any atom is 0.261 e. The molecule has 23 heavy (non-hydrogen) atoms. The Bertz CT molecular complexity index is 613. The molecule has 1 unspecified atom stereocenters. The van der Waals surface area contributed by atoms with Crippen LogP contribution in [0.15, 0.2) is 60.7 Å². The summed E-state index contributed by atoms with van der Waals surface area (Å²) in [5, 5.41) is 3.28. The van der Waals surface area contributed by atoms with Gasteiger partial charge in [0.05, 0.1) is 6.04 Å². The molecule has 4 nitrogen and oxygen atoms in total. The number of amides is 2. The molecule has 0 radical (unpaired) electrons. The lowest BCUT2D eigenvalue weighted by Gasteiger charge is -2.33. The molecule has 3 rings (SSSR count). The van der Waals surface area contributed by atoms with Crippen LogP contribution in [0.3, 0.4) is 0 Å². The third kappa shape index (κ3) is 3.48. The van der Waals surface area contributed by atoms with E-state index in [1.165, 1.54) is 4.90 Å². The SMILES string of the molecule is O=C(c1ccccc1)N(C(=O)c1ccccc1)C1CCCNC1. The van der Waals surface area contributed by atoms with Crippen LogP contribution in [0.5, 0.6) is 0 Å². The van der Waals surface area contributed by atoms with E-state index in [9.17, 15) is 9.59 Å². The normalized spacial score (nSPS) is 17.5. The van der Waals surface area contributed by atoms with Gasteiger partial charge in [-0.25, -0.2) is 0 Å². The van der Waals surface area contributed by atoms with Gasteiger partial charge in [0.15, 0.2) is 0 Å². The molecule has 0 bridgehead atoms. The number of hydrogen-bond acceptors (Lipinski definition) is 3. The van der Waals surface area contributed by atoms with Crippen LogP contribution < -0.4 is 5.32 Å². The third-order valence-electron chi connectivity index (χ3n) is 4.12. The Morgan fingerprint density at radius 2 is 1.39 bits per heavy atom. The molecule has 4 heteroatoms. The van der Waals surface area contributed by atoms with E-state index in [4.69, 9.17) is 0 Å². The zero-order chi connectivity index (χ0) is 16.1. The molecule has 1 N–H and O–H groups in total. The van der Waals surface area contributed by atoms with E-state index in [1.807, 2.05) is 36.4 Å². The number of rotatable bonds is 3. The average Bonchev–Trinajstić information content (AvgIpc) is 2.64. The predicted molar refractivity (Wildman–Crippen MR) is 89.3 cm³/mol. The topological polar surface area (TPSA) is 49.4 Å². The Morgan fingerprint density at radius 3 is 1.83 bits per heavy atom. The highest BCUT2D eigenvalue weighted by atomic mass is 16.2. The largest absolute Gasteiger partial charge is 0.315 e. The molecule has 1 aliphatic rings. The first kappa shape index (κ1) is 15.4. The van der Waals surface area contributed by atoms with Crippen LogP contribution in [0.4, 0.5) is 0 Å². The molecule has 118 valence electrons. The molecular weight excluding hydrogens is 288 g/mol. The number of carbonyl (C=O) groups excluding carboxylic acids is 2. The van der Waals surface area contributed by atoms with Crippen LogP contribution in [0.1, 0.15) is 33.6 Å². The van der Waals surface area contributed by atoms with Gasteiger partial charge >= 0.3 is 0 Å². The van der Waals surface area contributed by atoms with Crippen molar-refractivity contribution in [1.29, 1.82) is 0 Å². The minimum atomic E-state index is -0.229. The fraction of sp³-hybridized carbons (Fsp3) is 0.263. The number of piperidine rings is 1. The lowest BCUT2D eigenvalue weighted by Crippen LogP contribution is -2.51. The third-order valence-corrected chi connectivity index (χ3v) is 4.12. The number of carbonyl (C=O) groups is 2. The second-order valence-electron chi connectivity index (χ2n) is 5.71. The summed E-state index contributed by atoms with van der Waals surface area (Å²) >= 11 is 0. The summed E-state index contributed by atoms with van der Waals surface area (Å²) in [6.07, 6.45) is 1.80. The summed E-state index contributed by atoms with van der Waals surface area (Å²) < 4.78 is 0. The molecule has 1 fully saturated rings. The summed E-state index contributed by atoms with van der Waals surface area (Å²) in [5.74, 6) is -0.457. The van der Waals surface area contributed by atoms with Crippen LogP contribution in [0.2, 0.25) is 0 Å². The van der Waals surface area contributed by atoms with Gasteiger partial charge in [-0.05, 0) is 43.7 Å². The van der Waals surface area contributed by atoms with Crippen LogP contribution in [0.25, 0.3) is 0 Å². The van der Waals surface area contributed by atoms with Gasteiger partial charge in [-0.3, -0.25) is 14.5 Å². The van der Waals surface area contributed by atoms with Gasteiger partial charge < -0.3 is 5.32 Å². The zero-order valence-electron chi connectivity index (χ0n) is 12.9. The Morgan fingerprint density at radius 1 is 0.870 bits per heavy atom. The first-order chi connectivity index (χ1) is 11.3. The van der Waals surface area contributed by atoms with Gasteiger partial charge in [0.2, 0.25) is 0 Å². The minimum Gasteiger partial charge on any atom is -0.315 e. The van der Waals surface area contributed by atoms with Crippen molar-refractivity contribution in [3.8, 4) is 0 Å². The van der Waals surface area contributed by atoms with E-state index in [1.54, 1.807) is 24.3 Å². The van der Waals surface area contributed by atoms with Gasteiger partial charge in [0.25, 0.3) is 11.8 Å². The summed E-state index contributed by atoms with van der Waals surface area (Å²) in [6.45, 7) is 1.58. The smallest absolute Gasteiger partial charge is 0.261 e. The van der Waals surface area contributed by atoms with E-state index in [2.05, 4.69) is 5.32 Å². The Hall–Kier alpha value is -2.46. The fourth-order valence-electron chi connectivity index (χ4n) is 2.92. The van der Waals surface area contributed by atoms with Gasteiger partial charge in [0, 0.05) is 17.7 Å². The molecule has 1 atom stereocenters. The lowest BCUT2D eigenvalue weighted by molar-refractivity contribution is 0.0521. The Labute approximate surface area is 136 Å². The Balaban J connectivity index is 1.93. The van der Waals surface area contributed by atoms with Crippen LogP contribution in [0, 0.1) is 0 Å². The van der Waals surface area contributed by atoms with E-state index in [0.29, 0.717) is 17.7 Å². The summed E-state index contributed by atoms with van der Waals surface area (Å²) in [7, 11) is 0. The molecule has 0 spiro atoms. The van der Waals surface area contributed by atoms with Crippen molar-refractivity contribution in [2.75, 3.05) is 13.1 Å². The fourth-order valence-corrected chi connectivity index (χ4v) is 2.92. The van der Waals surface area contributed by atoms with Crippen molar-refractivity contribution in [2.24, 2.45) is 0 Å². The van der Waals surface area contributed by atoms with Gasteiger partial charge in [-0.1, -0.05) is 36.4 Å². The molecule has 2 aromatic carbocycles. The quantitative estimate of drug-likeness (QED) is 0.887. The van der Waals surface area contributed by atoms with Crippen LogP contribution in [-0.2, 0) is 0 Å². The molecule has 1 heterocycles. The molecule has 2 amide bonds. The standard InChI is InChI=1S/C19H20N2O2/c22-18(15-8-3-1-4-9-15)21(17-12-7-13-20-14-17)19(23)16-10-5-2-6-11-16/h1-6,8-11,17,20H,7,12-14H2. The summed E-state index contributed by atoms with van der Waals surface area (Å²) in [6, 6.07) is 17.9. The van der Waals surface area contributed by atoms with Gasteiger partial charge in [0.1, 0.15) is 0 Å². The van der Waals surface area contributed by atoms with Crippen molar-refractivity contribution < 1.29 is 9.59 Å². The molecule has 1 saturated heterocycles. The highest BCUT2D eigenvalue weighted by Gasteiger charge is 2.32. The summed E-state index contributed by atoms with van der Waals surface area (Å²) in [5.41, 5.74) is 1.09. The first-order valence-corrected chi connectivity index (χ1v) is 7.96.